The number of anilines is 1. The van der Waals surface area contributed by atoms with Gasteiger partial charge in [0.05, 0.1) is 11.3 Å². The number of Topliss-reactive ketones (excluding diaryl/α,β-unsaturated/α-hetero) is 1. The number of aromatic nitrogens is 2. The molecule has 1 atom stereocenters. The van der Waals surface area contributed by atoms with Gasteiger partial charge in [0, 0.05) is 34.9 Å². The molecule has 138 valence electrons. The second kappa shape index (κ2) is 7.25. The Kier molecular flexibility index (Phi) is 4.63. The van der Waals surface area contributed by atoms with Crippen molar-refractivity contribution >= 4 is 34.7 Å². The number of hydrogen-bond donors (Lipinski definition) is 1. The molecule has 1 N–H and O–H groups in total. The largest absolute Gasteiger partial charge is 0.507 e. The van der Waals surface area contributed by atoms with Crippen LogP contribution in [0.2, 0.25) is 5.02 Å². The Morgan fingerprint density at radius 2 is 1.79 bits per heavy atom. The first kappa shape index (κ1) is 17.9. The van der Waals surface area contributed by atoms with Crippen LogP contribution in [0.3, 0.4) is 0 Å². The van der Waals surface area contributed by atoms with E-state index >= 15 is 0 Å². The number of nitrogens with zero attached hydrogens (tertiary/aromatic N) is 3. The first-order valence-electron chi connectivity index (χ1n) is 8.46. The van der Waals surface area contributed by atoms with Crippen molar-refractivity contribution < 1.29 is 14.7 Å². The van der Waals surface area contributed by atoms with Gasteiger partial charge in [0.25, 0.3) is 11.7 Å². The summed E-state index contributed by atoms with van der Waals surface area (Å²) in [5.74, 6) is -1.82. The van der Waals surface area contributed by atoms with E-state index in [4.69, 9.17) is 11.6 Å². The number of carbonyl (C=O) groups excluding carboxylic acids is 2. The van der Waals surface area contributed by atoms with Gasteiger partial charge >= 0.3 is 0 Å². The SMILES string of the molecule is O=C1C(=O)N(c2cccc(Cl)c2)C(c2ccccn2)/C1=C(\O)c1ccncc1. The lowest BCUT2D eigenvalue weighted by Gasteiger charge is -2.24. The number of amides is 1. The van der Waals surface area contributed by atoms with Crippen molar-refractivity contribution in [3.8, 4) is 0 Å². The molecule has 4 rings (SSSR count). The number of pyridine rings is 2. The molecule has 0 radical (unpaired) electrons. The number of aliphatic hydroxyl groups excluding tert-OH is 1. The molecule has 2 aromatic heterocycles. The Morgan fingerprint density at radius 1 is 1.00 bits per heavy atom. The number of carbonyl (C=O) groups is 2. The summed E-state index contributed by atoms with van der Waals surface area (Å²) < 4.78 is 0. The molecule has 0 saturated carbocycles. The first-order chi connectivity index (χ1) is 13.6. The summed E-state index contributed by atoms with van der Waals surface area (Å²) in [5.41, 5.74) is 1.26. The lowest BCUT2D eigenvalue weighted by Crippen LogP contribution is -2.29. The summed E-state index contributed by atoms with van der Waals surface area (Å²) in [4.78, 5) is 35.3. The molecule has 0 bridgehead atoms. The fourth-order valence-electron chi connectivity index (χ4n) is 3.21. The molecule has 1 amide bonds. The third-order valence-corrected chi connectivity index (χ3v) is 4.69. The van der Waals surface area contributed by atoms with Gasteiger partial charge in [-0.15, -0.1) is 0 Å². The van der Waals surface area contributed by atoms with Crippen molar-refractivity contribution in [1.29, 1.82) is 0 Å². The van der Waals surface area contributed by atoms with E-state index in [1.807, 2.05) is 0 Å². The Balaban J connectivity index is 1.95. The topological polar surface area (TPSA) is 83.4 Å². The van der Waals surface area contributed by atoms with Crippen LogP contribution < -0.4 is 4.90 Å². The van der Waals surface area contributed by atoms with Crippen molar-refractivity contribution in [3.63, 3.8) is 0 Å². The van der Waals surface area contributed by atoms with Crippen LogP contribution in [0.25, 0.3) is 5.76 Å². The van der Waals surface area contributed by atoms with Gasteiger partial charge in [-0.2, -0.15) is 0 Å². The van der Waals surface area contributed by atoms with Crippen LogP contribution in [0, 0.1) is 0 Å². The van der Waals surface area contributed by atoms with E-state index in [9.17, 15) is 14.7 Å². The highest BCUT2D eigenvalue weighted by atomic mass is 35.5. The summed E-state index contributed by atoms with van der Waals surface area (Å²) in [7, 11) is 0. The Hall–Kier alpha value is -3.51. The monoisotopic (exact) mass is 391 g/mol. The van der Waals surface area contributed by atoms with Crippen molar-refractivity contribution in [1.82, 2.24) is 9.97 Å². The molecule has 0 spiro atoms. The third kappa shape index (κ3) is 3.04. The van der Waals surface area contributed by atoms with Gasteiger partial charge < -0.3 is 5.11 Å². The molecule has 6 nitrogen and oxygen atoms in total. The molecule has 1 aliphatic rings. The maximum absolute atomic E-state index is 12.9. The van der Waals surface area contributed by atoms with Gasteiger partial charge in [-0.25, -0.2) is 0 Å². The second-order valence-corrected chi connectivity index (χ2v) is 6.58. The lowest BCUT2D eigenvalue weighted by atomic mass is 9.98. The van der Waals surface area contributed by atoms with Gasteiger partial charge in [-0.05, 0) is 42.5 Å². The fourth-order valence-corrected chi connectivity index (χ4v) is 3.39. The zero-order valence-corrected chi connectivity index (χ0v) is 15.2. The second-order valence-electron chi connectivity index (χ2n) is 6.14. The molecule has 1 saturated heterocycles. The van der Waals surface area contributed by atoms with E-state index in [2.05, 4.69) is 9.97 Å². The molecule has 1 aromatic carbocycles. The number of rotatable bonds is 3. The zero-order chi connectivity index (χ0) is 19.7. The molecule has 1 fully saturated rings. The zero-order valence-electron chi connectivity index (χ0n) is 14.5. The standard InChI is InChI=1S/C21H14ClN3O3/c22-14-4-3-5-15(12-14)25-18(16-6-1-2-9-24-16)17(20(27)21(25)28)19(26)13-7-10-23-11-8-13/h1-12,18,26H/b19-17+. The Labute approximate surface area is 165 Å². The summed E-state index contributed by atoms with van der Waals surface area (Å²) >= 11 is 6.09. The predicted molar refractivity (Wildman–Crippen MR) is 105 cm³/mol. The normalized spacial score (nSPS) is 18.5. The van der Waals surface area contributed by atoms with E-state index in [1.165, 1.54) is 17.3 Å². The van der Waals surface area contributed by atoms with E-state index in [0.717, 1.165) is 0 Å². The molecule has 1 unspecified atom stereocenters. The number of aliphatic hydroxyl groups is 1. The summed E-state index contributed by atoms with van der Waals surface area (Å²) in [6.45, 7) is 0. The van der Waals surface area contributed by atoms with Gasteiger partial charge in [0.15, 0.2) is 0 Å². The van der Waals surface area contributed by atoms with Crippen LogP contribution >= 0.6 is 11.6 Å². The molecule has 1 aliphatic heterocycles. The minimum absolute atomic E-state index is 0.0325. The van der Waals surface area contributed by atoms with Crippen molar-refractivity contribution in [2.24, 2.45) is 0 Å². The Bertz CT molecular complexity index is 1080. The highest BCUT2D eigenvalue weighted by molar-refractivity contribution is 6.51. The maximum Gasteiger partial charge on any atom is 0.300 e. The summed E-state index contributed by atoms with van der Waals surface area (Å²) in [6.07, 6.45) is 4.57. The van der Waals surface area contributed by atoms with Crippen LogP contribution in [-0.4, -0.2) is 26.8 Å². The molecule has 3 heterocycles. The van der Waals surface area contributed by atoms with Crippen molar-refractivity contribution in [2.75, 3.05) is 4.90 Å². The van der Waals surface area contributed by atoms with Crippen LogP contribution in [0.4, 0.5) is 5.69 Å². The molecule has 28 heavy (non-hydrogen) atoms. The highest BCUT2D eigenvalue weighted by Crippen LogP contribution is 2.41. The summed E-state index contributed by atoms with van der Waals surface area (Å²) in [5, 5.41) is 11.3. The molecule has 3 aromatic rings. The summed E-state index contributed by atoms with van der Waals surface area (Å²) in [6, 6.07) is 14.1. The molecular weight excluding hydrogens is 378 g/mol. The minimum atomic E-state index is -0.882. The minimum Gasteiger partial charge on any atom is -0.507 e. The van der Waals surface area contributed by atoms with Gasteiger partial charge in [0.1, 0.15) is 11.8 Å². The van der Waals surface area contributed by atoms with E-state index < -0.39 is 17.7 Å². The van der Waals surface area contributed by atoms with E-state index in [0.29, 0.717) is 22.0 Å². The third-order valence-electron chi connectivity index (χ3n) is 4.45. The number of halogens is 1. The highest BCUT2D eigenvalue weighted by Gasteiger charge is 2.47. The molecular formula is C21H14ClN3O3. The van der Waals surface area contributed by atoms with Crippen LogP contribution in [0.15, 0.2) is 78.8 Å². The van der Waals surface area contributed by atoms with Crippen molar-refractivity contribution in [2.45, 2.75) is 6.04 Å². The average molecular weight is 392 g/mol. The van der Waals surface area contributed by atoms with Crippen LogP contribution in [0.5, 0.6) is 0 Å². The van der Waals surface area contributed by atoms with Gasteiger partial charge in [-0.3, -0.25) is 24.5 Å². The van der Waals surface area contributed by atoms with Crippen molar-refractivity contribution in [3.05, 3.63) is 95.0 Å². The average Bonchev–Trinajstić information content (AvgIpc) is 3.00. The van der Waals surface area contributed by atoms with Crippen LogP contribution in [0.1, 0.15) is 17.3 Å². The van der Waals surface area contributed by atoms with E-state index in [-0.39, 0.29) is 11.3 Å². The fraction of sp³-hybridized carbons (Fsp3) is 0.0476. The smallest absolute Gasteiger partial charge is 0.300 e. The quantitative estimate of drug-likeness (QED) is 0.417. The first-order valence-corrected chi connectivity index (χ1v) is 8.83. The van der Waals surface area contributed by atoms with E-state index in [1.54, 1.807) is 60.8 Å². The molecule has 0 aliphatic carbocycles. The number of benzene rings is 1. The Morgan fingerprint density at radius 3 is 2.46 bits per heavy atom. The molecule has 7 heteroatoms. The van der Waals surface area contributed by atoms with Crippen LogP contribution in [-0.2, 0) is 9.59 Å². The van der Waals surface area contributed by atoms with Gasteiger partial charge in [-0.1, -0.05) is 23.7 Å². The maximum atomic E-state index is 12.9. The number of ketones is 1. The number of hydrogen-bond acceptors (Lipinski definition) is 5. The predicted octanol–water partition coefficient (Wildman–Crippen LogP) is 3.76. The lowest BCUT2D eigenvalue weighted by molar-refractivity contribution is -0.132. The van der Waals surface area contributed by atoms with Gasteiger partial charge in [0.2, 0.25) is 0 Å².